The number of β-amino-alcohol motifs (C(OH)–C–C–N with tert-alkyl or cyclic N) is 1. The van der Waals surface area contributed by atoms with Crippen LogP contribution in [-0.2, 0) is 4.79 Å². The normalized spacial score (nSPS) is 26.6. The maximum absolute atomic E-state index is 12.2. The van der Waals surface area contributed by atoms with Gasteiger partial charge in [-0.2, -0.15) is 11.8 Å². The van der Waals surface area contributed by atoms with Gasteiger partial charge in [-0.3, -0.25) is 9.69 Å². The highest BCUT2D eigenvalue weighted by Crippen LogP contribution is 2.29. The first-order chi connectivity index (χ1) is 9.06. The number of nitrogens with zero attached hydrogens (tertiary/aromatic N) is 1. The highest BCUT2D eigenvalue weighted by molar-refractivity contribution is 7.98. The first kappa shape index (κ1) is 14.7. The first-order valence-electron chi connectivity index (χ1n) is 6.89. The summed E-state index contributed by atoms with van der Waals surface area (Å²) in [4.78, 5) is 25.2. The fraction of sp³-hybridized carbons (Fsp3) is 0.846. The van der Waals surface area contributed by atoms with Crippen LogP contribution in [0.25, 0.3) is 0 Å². The van der Waals surface area contributed by atoms with E-state index in [0.717, 1.165) is 25.0 Å². The van der Waals surface area contributed by atoms with Gasteiger partial charge < -0.3 is 10.4 Å². The van der Waals surface area contributed by atoms with Crippen molar-refractivity contribution in [1.29, 1.82) is 0 Å². The van der Waals surface area contributed by atoms with Gasteiger partial charge >= 0.3 is 6.03 Å². The van der Waals surface area contributed by atoms with E-state index >= 15 is 0 Å². The van der Waals surface area contributed by atoms with E-state index in [1.54, 1.807) is 11.8 Å². The van der Waals surface area contributed by atoms with Crippen LogP contribution in [0.1, 0.15) is 38.5 Å². The average Bonchev–Trinajstić information content (AvgIpc) is 2.64. The largest absolute Gasteiger partial charge is 0.388 e. The molecule has 1 aliphatic heterocycles. The van der Waals surface area contributed by atoms with E-state index in [2.05, 4.69) is 5.32 Å². The van der Waals surface area contributed by atoms with E-state index in [-0.39, 0.29) is 18.5 Å². The summed E-state index contributed by atoms with van der Waals surface area (Å²) in [5.41, 5.74) is -0.875. The molecule has 0 aromatic heterocycles. The SMILES string of the molecule is CSCCC1NC(=O)N(CC2(O)CCCCC2)C1=O. The fourth-order valence-corrected chi connectivity index (χ4v) is 3.29. The summed E-state index contributed by atoms with van der Waals surface area (Å²) in [7, 11) is 0. The average molecular weight is 286 g/mol. The summed E-state index contributed by atoms with van der Waals surface area (Å²) in [6, 6.07) is -0.762. The lowest BCUT2D eigenvalue weighted by molar-refractivity contribution is -0.130. The topological polar surface area (TPSA) is 69.6 Å². The number of imide groups is 1. The second kappa shape index (κ2) is 6.13. The number of hydrogen-bond acceptors (Lipinski definition) is 4. The van der Waals surface area contributed by atoms with Gasteiger partial charge in [-0.15, -0.1) is 0 Å². The Kier molecular flexibility index (Phi) is 4.73. The minimum atomic E-state index is -0.875. The van der Waals surface area contributed by atoms with Crippen LogP contribution in [-0.4, -0.2) is 52.1 Å². The third-order valence-electron chi connectivity index (χ3n) is 3.95. The number of amides is 3. The Morgan fingerprint density at radius 1 is 1.37 bits per heavy atom. The molecular formula is C13H22N2O3S. The van der Waals surface area contributed by atoms with Crippen LogP contribution < -0.4 is 5.32 Å². The van der Waals surface area contributed by atoms with Gasteiger partial charge in [0.15, 0.2) is 0 Å². The van der Waals surface area contributed by atoms with Crippen molar-refractivity contribution in [3.05, 3.63) is 0 Å². The lowest BCUT2D eigenvalue weighted by Crippen LogP contribution is -2.47. The van der Waals surface area contributed by atoms with E-state index in [1.165, 1.54) is 4.90 Å². The highest BCUT2D eigenvalue weighted by atomic mass is 32.2. The number of nitrogens with one attached hydrogen (secondary N) is 1. The van der Waals surface area contributed by atoms with Crippen LogP contribution in [0.5, 0.6) is 0 Å². The molecule has 1 atom stereocenters. The number of aliphatic hydroxyl groups is 1. The number of carbonyl (C=O) groups excluding carboxylic acids is 2. The zero-order valence-electron chi connectivity index (χ0n) is 11.4. The van der Waals surface area contributed by atoms with Gasteiger partial charge in [0.05, 0.1) is 12.1 Å². The quantitative estimate of drug-likeness (QED) is 0.749. The van der Waals surface area contributed by atoms with Crippen molar-refractivity contribution in [2.24, 2.45) is 0 Å². The van der Waals surface area contributed by atoms with Crippen molar-refractivity contribution in [3.63, 3.8) is 0 Å². The third kappa shape index (κ3) is 3.42. The number of rotatable bonds is 5. The summed E-state index contributed by atoms with van der Waals surface area (Å²) in [6.07, 6.45) is 7.05. The number of carbonyl (C=O) groups is 2. The van der Waals surface area contributed by atoms with Crippen molar-refractivity contribution >= 4 is 23.7 Å². The number of thioether (sulfide) groups is 1. The number of hydrogen-bond donors (Lipinski definition) is 2. The van der Waals surface area contributed by atoms with E-state index in [4.69, 9.17) is 0 Å². The van der Waals surface area contributed by atoms with Crippen LogP contribution in [0.3, 0.4) is 0 Å². The Hall–Kier alpha value is -0.750. The molecule has 0 spiro atoms. The maximum Gasteiger partial charge on any atom is 0.324 e. The molecule has 0 aromatic rings. The maximum atomic E-state index is 12.2. The van der Waals surface area contributed by atoms with Gasteiger partial charge in [0, 0.05) is 0 Å². The van der Waals surface area contributed by atoms with Crippen LogP contribution in [0.2, 0.25) is 0 Å². The van der Waals surface area contributed by atoms with Crippen molar-refractivity contribution < 1.29 is 14.7 Å². The predicted octanol–water partition coefficient (Wildman–Crippen LogP) is 1.36. The second-order valence-electron chi connectivity index (χ2n) is 5.49. The molecule has 108 valence electrons. The third-order valence-corrected chi connectivity index (χ3v) is 4.60. The summed E-state index contributed by atoms with van der Waals surface area (Å²) in [5.74, 6) is 0.660. The van der Waals surface area contributed by atoms with E-state index in [0.29, 0.717) is 19.3 Å². The van der Waals surface area contributed by atoms with Gasteiger partial charge in [-0.05, 0) is 31.3 Å². The molecule has 3 amide bonds. The lowest BCUT2D eigenvalue weighted by atomic mass is 9.84. The molecule has 2 fully saturated rings. The Balaban J connectivity index is 1.96. The predicted molar refractivity (Wildman–Crippen MR) is 75.1 cm³/mol. The van der Waals surface area contributed by atoms with Gasteiger partial charge in [-0.25, -0.2) is 4.79 Å². The molecule has 1 saturated heterocycles. The van der Waals surface area contributed by atoms with Crippen molar-refractivity contribution in [2.45, 2.75) is 50.2 Å². The monoisotopic (exact) mass is 286 g/mol. The standard InChI is InChI=1S/C13H22N2O3S/c1-19-8-5-10-11(16)15(12(17)14-10)9-13(18)6-3-2-4-7-13/h10,18H,2-9H2,1H3,(H,14,17). The molecule has 0 radical (unpaired) electrons. The molecule has 2 N–H and O–H groups in total. The summed E-state index contributed by atoms with van der Waals surface area (Å²) in [5, 5.41) is 13.2. The van der Waals surface area contributed by atoms with Crippen LogP contribution in [0.15, 0.2) is 0 Å². The Bertz CT molecular complexity index is 356. The van der Waals surface area contributed by atoms with E-state index in [1.807, 2.05) is 6.26 Å². The molecule has 0 aromatic carbocycles. The van der Waals surface area contributed by atoms with Crippen molar-refractivity contribution in [3.8, 4) is 0 Å². The first-order valence-corrected chi connectivity index (χ1v) is 8.28. The molecule has 1 saturated carbocycles. The summed E-state index contributed by atoms with van der Waals surface area (Å²) < 4.78 is 0. The molecule has 1 heterocycles. The molecule has 1 aliphatic carbocycles. The molecule has 5 nitrogen and oxygen atoms in total. The van der Waals surface area contributed by atoms with Crippen LogP contribution >= 0.6 is 11.8 Å². The van der Waals surface area contributed by atoms with E-state index < -0.39 is 11.6 Å². The highest BCUT2D eigenvalue weighted by Gasteiger charge is 2.42. The van der Waals surface area contributed by atoms with Crippen molar-refractivity contribution in [1.82, 2.24) is 10.2 Å². The van der Waals surface area contributed by atoms with Crippen LogP contribution in [0, 0.1) is 0 Å². The molecule has 19 heavy (non-hydrogen) atoms. The molecule has 0 bridgehead atoms. The van der Waals surface area contributed by atoms with Crippen LogP contribution in [0.4, 0.5) is 4.79 Å². The Labute approximate surface area is 118 Å². The molecule has 2 aliphatic rings. The number of urea groups is 1. The molecule has 6 heteroatoms. The second-order valence-corrected chi connectivity index (χ2v) is 6.48. The van der Waals surface area contributed by atoms with Gasteiger partial charge in [-0.1, -0.05) is 19.3 Å². The fourth-order valence-electron chi connectivity index (χ4n) is 2.82. The molecule has 1 unspecified atom stereocenters. The smallest absolute Gasteiger partial charge is 0.324 e. The summed E-state index contributed by atoms with van der Waals surface area (Å²) >= 11 is 1.66. The summed E-state index contributed by atoms with van der Waals surface area (Å²) in [6.45, 7) is 0.146. The minimum Gasteiger partial charge on any atom is -0.388 e. The molecule has 2 rings (SSSR count). The van der Waals surface area contributed by atoms with Gasteiger partial charge in [0.2, 0.25) is 0 Å². The van der Waals surface area contributed by atoms with E-state index in [9.17, 15) is 14.7 Å². The Morgan fingerprint density at radius 3 is 2.68 bits per heavy atom. The Morgan fingerprint density at radius 2 is 2.05 bits per heavy atom. The lowest BCUT2D eigenvalue weighted by Gasteiger charge is -2.34. The zero-order valence-corrected chi connectivity index (χ0v) is 12.2. The van der Waals surface area contributed by atoms with Gasteiger partial charge in [0.25, 0.3) is 5.91 Å². The zero-order chi connectivity index (χ0) is 13.9. The van der Waals surface area contributed by atoms with Crippen molar-refractivity contribution in [2.75, 3.05) is 18.6 Å². The molecular weight excluding hydrogens is 264 g/mol. The minimum absolute atomic E-state index is 0.146. The van der Waals surface area contributed by atoms with Gasteiger partial charge in [0.1, 0.15) is 6.04 Å².